The molecule has 0 bridgehead atoms. The summed E-state index contributed by atoms with van der Waals surface area (Å²) < 4.78 is 31.6. The molecular formula is C27H22F2N6O. The second-order valence-electron chi connectivity index (χ2n) is 8.40. The predicted octanol–water partition coefficient (Wildman–Crippen LogP) is 4.46. The van der Waals surface area contributed by atoms with Crippen molar-refractivity contribution in [1.29, 1.82) is 0 Å². The zero-order chi connectivity index (χ0) is 25.1. The molecule has 0 aliphatic rings. The van der Waals surface area contributed by atoms with Crippen LogP contribution in [0.2, 0.25) is 0 Å². The van der Waals surface area contributed by atoms with E-state index in [1.807, 2.05) is 42.5 Å². The van der Waals surface area contributed by atoms with E-state index in [1.54, 1.807) is 23.0 Å². The van der Waals surface area contributed by atoms with Crippen molar-refractivity contribution in [3.05, 3.63) is 127 Å². The van der Waals surface area contributed by atoms with Crippen LogP contribution in [-0.2, 0) is 18.7 Å². The van der Waals surface area contributed by atoms with E-state index in [9.17, 15) is 13.9 Å². The average Bonchev–Trinajstić information content (AvgIpc) is 3.56. The number of aromatic nitrogens is 6. The van der Waals surface area contributed by atoms with Gasteiger partial charge < -0.3 is 5.11 Å². The molecule has 7 nitrogen and oxygen atoms in total. The van der Waals surface area contributed by atoms with E-state index in [0.717, 1.165) is 29.0 Å². The standard InChI is InChI=1S/C27H22F2N6O/c1-19(27(36,16-34-18-30-17-32-34)24-12-11-23(28)13-25(24)29)21-7-9-22(10-8-21)26-14-31-33-35(26)15-20-5-3-2-4-6-20/h2-14,17-18,36H,1,15-16H2. The van der Waals surface area contributed by atoms with E-state index in [-0.39, 0.29) is 17.7 Å². The maximum atomic E-state index is 14.8. The normalized spacial score (nSPS) is 12.9. The van der Waals surface area contributed by atoms with Crippen LogP contribution in [0.4, 0.5) is 8.78 Å². The minimum atomic E-state index is -1.91. The van der Waals surface area contributed by atoms with Crippen LogP contribution in [0.1, 0.15) is 16.7 Å². The minimum absolute atomic E-state index is 0.112. The van der Waals surface area contributed by atoms with Crippen molar-refractivity contribution >= 4 is 5.57 Å². The maximum Gasteiger partial charge on any atom is 0.137 e. The van der Waals surface area contributed by atoms with Crippen molar-refractivity contribution in [2.75, 3.05) is 0 Å². The van der Waals surface area contributed by atoms with Gasteiger partial charge in [-0.15, -0.1) is 5.10 Å². The third kappa shape index (κ3) is 4.56. The first-order valence-electron chi connectivity index (χ1n) is 11.2. The summed E-state index contributed by atoms with van der Waals surface area (Å²) in [6, 6.07) is 20.3. The first-order chi connectivity index (χ1) is 17.4. The zero-order valence-corrected chi connectivity index (χ0v) is 19.2. The first kappa shape index (κ1) is 23.3. The Hall–Kier alpha value is -4.50. The van der Waals surface area contributed by atoms with Crippen LogP contribution in [0, 0.1) is 11.6 Å². The van der Waals surface area contributed by atoms with Crippen molar-refractivity contribution in [3.8, 4) is 11.3 Å². The Morgan fingerprint density at radius 1 is 1.00 bits per heavy atom. The lowest BCUT2D eigenvalue weighted by molar-refractivity contribution is 0.0726. The quantitative estimate of drug-likeness (QED) is 0.352. The van der Waals surface area contributed by atoms with Gasteiger partial charge in [0.15, 0.2) is 0 Å². The maximum absolute atomic E-state index is 14.8. The highest BCUT2D eigenvalue weighted by Gasteiger charge is 2.37. The molecule has 0 spiro atoms. The van der Waals surface area contributed by atoms with Crippen molar-refractivity contribution < 1.29 is 13.9 Å². The molecule has 0 radical (unpaired) electrons. The molecule has 0 saturated heterocycles. The van der Waals surface area contributed by atoms with E-state index in [2.05, 4.69) is 27.0 Å². The first-order valence-corrected chi connectivity index (χ1v) is 11.2. The largest absolute Gasteiger partial charge is 0.378 e. The molecule has 0 saturated carbocycles. The van der Waals surface area contributed by atoms with Crippen molar-refractivity contribution in [2.24, 2.45) is 0 Å². The van der Waals surface area contributed by atoms with Crippen molar-refractivity contribution in [3.63, 3.8) is 0 Å². The Morgan fingerprint density at radius 3 is 2.47 bits per heavy atom. The summed E-state index contributed by atoms with van der Waals surface area (Å²) in [6.07, 6.45) is 4.40. The highest BCUT2D eigenvalue weighted by Crippen LogP contribution is 2.38. The number of hydrogen-bond acceptors (Lipinski definition) is 5. The van der Waals surface area contributed by atoms with E-state index in [1.165, 1.54) is 23.4 Å². The van der Waals surface area contributed by atoms with Gasteiger partial charge >= 0.3 is 0 Å². The molecule has 0 fully saturated rings. The van der Waals surface area contributed by atoms with Crippen LogP contribution in [0.3, 0.4) is 0 Å². The molecule has 5 aromatic rings. The van der Waals surface area contributed by atoms with Crippen molar-refractivity contribution in [2.45, 2.75) is 18.7 Å². The highest BCUT2D eigenvalue weighted by molar-refractivity contribution is 5.74. The molecule has 1 unspecified atom stereocenters. The van der Waals surface area contributed by atoms with E-state index in [4.69, 9.17) is 0 Å². The fraction of sp³-hybridized carbons (Fsp3) is 0.111. The van der Waals surface area contributed by atoms with Crippen LogP contribution in [0.25, 0.3) is 16.8 Å². The zero-order valence-electron chi connectivity index (χ0n) is 19.2. The SMILES string of the molecule is C=C(c1ccc(-c2cnnn2Cc2ccccc2)cc1)C(O)(Cn1cncn1)c1ccc(F)cc1F. The minimum Gasteiger partial charge on any atom is -0.378 e. The second kappa shape index (κ2) is 9.63. The molecule has 36 heavy (non-hydrogen) atoms. The smallest absolute Gasteiger partial charge is 0.137 e. The fourth-order valence-electron chi connectivity index (χ4n) is 4.15. The molecular weight excluding hydrogens is 462 g/mol. The molecule has 5 rings (SSSR count). The molecule has 0 aliphatic carbocycles. The summed E-state index contributed by atoms with van der Waals surface area (Å²) in [6.45, 7) is 4.48. The summed E-state index contributed by atoms with van der Waals surface area (Å²) in [5, 5.41) is 24.0. The summed E-state index contributed by atoms with van der Waals surface area (Å²) in [5.74, 6) is -1.62. The predicted molar refractivity (Wildman–Crippen MR) is 130 cm³/mol. The molecule has 9 heteroatoms. The second-order valence-corrected chi connectivity index (χ2v) is 8.40. The Morgan fingerprint density at radius 2 is 1.78 bits per heavy atom. The van der Waals surface area contributed by atoms with E-state index in [0.29, 0.717) is 12.1 Å². The summed E-state index contributed by atoms with van der Waals surface area (Å²) >= 11 is 0. The van der Waals surface area contributed by atoms with Crippen LogP contribution < -0.4 is 0 Å². The number of hydrogen-bond donors (Lipinski definition) is 1. The van der Waals surface area contributed by atoms with Crippen LogP contribution in [0.5, 0.6) is 0 Å². The molecule has 0 aliphatic heterocycles. The topological polar surface area (TPSA) is 81.6 Å². The van der Waals surface area contributed by atoms with Gasteiger partial charge in [0.25, 0.3) is 0 Å². The molecule has 1 N–H and O–H groups in total. The van der Waals surface area contributed by atoms with Gasteiger partial charge in [0.1, 0.15) is 29.9 Å². The van der Waals surface area contributed by atoms with Crippen LogP contribution >= 0.6 is 0 Å². The lowest BCUT2D eigenvalue weighted by Crippen LogP contribution is -2.34. The van der Waals surface area contributed by atoms with Gasteiger partial charge in [-0.1, -0.05) is 66.4 Å². The monoisotopic (exact) mass is 484 g/mol. The number of nitrogens with zero attached hydrogens (tertiary/aromatic N) is 6. The van der Waals surface area contributed by atoms with Crippen LogP contribution in [-0.4, -0.2) is 34.9 Å². The summed E-state index contributed by atoms with van der Waals surface area (Å²) in [7, 11) is 0. The van der Waals surface area contributed by atoms with Crippen molar-refractivity contribution in [1.82, 2.24) is 29.8 Å². The van der Waals surface area contributed by atoms with Crippen LogP contribution in [0.15, 0.2) is 98.2 Å². The fourth-order valence-corrected chi connectivity index (χ4v) is 4.15. The van der Waals surface area contributed by atoms with E-state index >= 15 is 0 Å². The Balaban J connectivity index is 1.47. The molecule has 2 heterocycles. The molecule has 1 atom stereocenters. The number of aliphatic hydroxyl groups is 1. The third-order valence-electron chi connectivity index (χ3n) is 6.06. The van der Waals surface area contributed by atoms with Gasteiger partial charge in [0, 0.05) is 17.2 Å². The van der Waals surface area contributed by atoms with Gasteiger partial charge in [-0.3, -0.25) is 0 Å². The Kier molecular flexibility index (Phi) is 6.22. The third-order valence-corrected chi connectivity index (χ3v) is 6.06. The molecule has 2 aromatic heterocycles. The summed E-state index contributed by atoms with van der Waals surface area (Å²) in [4.78, 5) is 3.89. The lowest BCUT2D eigenvalue weighted by Gasteiger charge is -2.31. The Bertz CT molecular complexity index is 1480. The van der Waals surface area contributed by atoms with Gasteiger partial charge in [-0.05, 0) is 28.8 Å². The number of halogens is 2. The van der Waals surface area contributed by atoms with Gasteiger partial charge in [0.05, 0.1) is 25.0 Å². The Labute approximate surface area is 206 Å². The molecule has 3 aromatic carbocycles. The lowest BCUT2D eigenvalue weighted by atomic mass is 9.82. The number of rotatable bonds is 8. The molecule has 0 amide bonds. The van der Waals surface area contributed by atoms with Gasteiger partial charge in [-0.2, -0.15) is 5.10 Å². The molecule has 180 valence electrons. The van der Waals surface area contributed by atoms with Gasteiger partial charge in [0.2, 0.25) is 0 Å². The number of benzene rings is 3. The highest BCUT2D eigenvalue weighted by atomic mass is 19.1. The van der Waals surface area contributed by atoms with Gasteiger partial charge in [-0.25, -0.2) is 23.1 Å². The van der Waals surface area contributed by atoms with E-state index < -0.39 is 17.2 Å². The average molecular weight is 485 g/mol. The summed E-state index contributed by atoms with van der Waals surface area (Å²) in [5.41, 5.74) is 1.55.